The molecule has 0 N–H and O–H groups in total. The number of carbonyl (C=O) groups excluding carboxylic acids is 1. The maximum atomic E-state index is 13.4. The van der Waals surface area contributed by atoms with Crippen molar-refractivity contribution in [3.8, 4) is 0 Å². The number of ether oxygens (including phenoxy) is 1. The molecular formula is C17H16F3NO2. The molecule has 0 aliphatic carbocycles. The van der Waals surface area contributed by atoms with Crippen LogP contribution in [0.2, 0.25) is 0 Å². The lowest BCUT2D eigenvalue weighted by atomic mass is 9.98. The first-order valence-electron chi connectivity index (χ1n) is 7.00. The average Bonchev–Trinajstić information content (AvgIpc) is 2.45. The molecule has 1 aromatic heterocycles. The van der Waals surface area contributed by atoms with Gasteiger partial charge in [0.1, 0.15) is 5.69 Å². The highest BCUT2D eigenvalue weighted by atomic mass is 19.4. The molecular weight excluding hydrogens is 307 g/mol. The molecule has 1 heterocycles. The normalized spacial score (nSPS) is 11.6. The topological polar surface area (TPSA) is 39.2 Å². The van der Waals surface area contributed by atoms with Gasteiger partial charge in [0.05, 0.1) is 17.7 Å². The van der Waals surface area contributed by atoms with Crippen molar-refractivity contribution in [1.82, 2.24) is 4.98 Å². The number of aryl methyl sites for hydroxylation is 1. The number of carbonyl (C=O) groups is 1. The van der Waals surface area contributed by atoms with E-state index >= 15 is 0 Å². The standard InChI is InChI=1S/C17H16F3NO2/c1-5-23-16(22)14-6-10(4)12-7-11(9(2)3)8-13(15(12)21-14)17(18,19)20/h6-8H,2,5H2,1,3-4H3. The minimum absolute atomic E-state index is 0.123. The number of fused-ring (bicyclic) bond motifs is 1. The maximum Gasteiger partial charge on any atom is 0.418 e. The number of alkyl halides is 3. The van der Waals surface area contributed by atoms with Crippen molar-refractivity contribution in [3.63, 3.8) is 0 Å². The third kappa shape index (κ3) is 3.36. The van der Waals surface area contributed by atoms with Gasteiger partial charge in [0.2, 0.25) is 0 Å². The molecule has 23 heavy (non-hydrogen) atoms. The Morgan fingerprint density at radius 1 is 1.30 bits per heavy atom. The van der Waals surface area contributed by atoms with Gasteiger partial charge >= 0.3 is 12.1 Å². The summed E-state index contributed by atoms with van der Waals surface area (Å²) < 4.78 is 45.0. The highest BCUT2D eigenvalue weighted by molar-refractivity contribution is 5.95. The van der Waals surface area contributed by atoms with Crippen LogP contribution in [0.5, 0.6) is 0 Å². The van der Waals surface area contributed by atoms with Crippen LogP contribution in [0.4, 0.5) is 13.2 Å². The predicted octanol–water partition coefficient (Wildman–Crippen LogP) is 4.77. The van der Waals surface area contributed by atoms with E-state index < -0.39 is 17.7 Å². The number of halogens is 3. The van der Waals surface area contributed by atoms with Crippen molar-refractivity contribution >= 4 is 22.4 Å². The van der Waals surface area contributed by atoms with Crippen LogP contribution in [0.15, 0.2) is 24.8 Å². The van der Waals surface area contributed by atoms with Gasteiger partial charge in [-0.25, -0.2) is 9.78 Å². The molecule has 122 valence electrons. The Labute approximate surface area is 131 Å². The van der Waals surface area contributed by atoms with E-state index in [1.54, 1.807) is 26.8 Å². The van der Waals surface area contributed by atoms with Gasteiger partial charge in [-0.3, -0.25) is 0 Å². The van der Waals surface area contributed by atoms with Gasteiger partial charge in [-0.1, -0.05) is 12.2 Å². The van der Waals surface area contributed by atoms with Crippen molar-refractivity contribution in [2.75, 3.05) is 6.61 Å². The van der Waals surface area contributed by atoms with E-state index in [1.165, 1.54) is 6.07 Å². The fraction of sp³-hybridized carbons (Fsp3) is 0.294. The van der Waals surface area contributed by atoms with Crippen LogP contribution in [0, 0.1) is 6.92 Å². The molecule has 0 aliphatic rings. The first kappa shape index (κ1) is 17.0. The van der Waals surface area contributed by atoms with Crippen LogP contribution in [-0.4, -0.2) is 17.6 Å². The Bertz CT molecular complexity index is 795. The molecule has 0 amide bonds. The van der Waals surface area contributed by atoms with E-state index in [2.05, 4.69) is 11.6 Å². The van der Waals surface area contributed by atoms with Gasteiger partial charge in [0, 0.05) is 5.39 Å². The fourth-order valence-electron chi connectivity index (χ4n) is 2.26. The molecule has 0 unspecified atom stereocenters. The van der Waals surface area contributed by atoms with Crippen molar-refractivity contribution in [1.29, 1.82) is 0 Å². The number of esters is 1. The molecule has 2 aromatic rings. The summed E-state index contributed by atoms with van der Waals surface area (Å²) in [6.45, 7) is 8.70. The molecule has 0 saturated carbocycles. The summed E-state index contributed by atoms with van der Waals surface area (Å²) in [6.07, 6.45) is -4.59. The summed E-state index contributed by atoms with van der Waals surface area (Å²) in [5.74, 6) is -0.741. The van der Waals surface area contributed by atoms with E-state index in [0.717, 1.165) is 6.07 Å². The summed E-state index contributed by atoms with van der Waals surface area (Å²) in [6, 6.07) is 4.04. The van der Waals surface area contributed by atoms with Crippen LogP contribution in [0.3, 0.4) is 0 Å². The fourth-order valence-corrected chi connectivity index (χ4v) is 2.26. The predicted molar refractivity (Wildman–Crippen MR) is 82.1 cm³/mol. The zero-order chi connectivity index (χ0) is 17.4. The Balaban J connectivity index is 2.83. The molecule has 0 aliphatic heterocycles. The smallest absolute Gasteiger partial charge is 0.418 e. The monoisotopic (exact) mass is 323 g/mol. The van der Waals surface area contributed by atoms with Crippen molar-refractivity contribution < 1.29 is 22.7 Å². The lowest BCUT2D eigenvalue weighted by molar-refractivity contribution is -0.136. The number of allylic oxidation sites excluding steroid dienone is 1. The Morgan fingerprint density at radius 2 is 1.96 bits per heavy atom. The average molecular weight is 323 g/mol. The van der Waals surface area contributed by atoms with Crippen LogP contribution in [0.25, 0.3) is 16.5 Å². The van der Waals surface area contributed by atoms with Crippen molar-refractivity contribution in [2.45, 2.75) is 26.9 Å². The zero-order valence-electron chi connectivity index (χ0n) is 13.0. The summed E-state index contributed by atoms with van der Waals surface area (Å²) >= 11 is 0. The summed E-state index contributed by atoms with van der Waals surface area (Å²) in [5.41, 5.74) is 0.148. The molecule has 0 fully saturated rings. The number of hydrogen-bond acceptors (Lipinski definition) is 3. The molecule has 3 nitrogen and oxygen atoms in total. The van der Waals surface area contributed by atoms with Crippen LogP contribution >= 0.6 is 0 Å². The second-order valence-corrected chi connectivity index (χ2v) is 5.24. The Hall–Kier alpha value is -2.37. The van der Waals surface area contributed by atoms with Gasteiger partial charge in [0.15, 0.2) is 0 Å². The van der Waals surface area contributed by atoms with Gasteiger partial charge in [0.25, 0.3) is 0 Å². The number of hydrogen-bond donors (Lipinski definition) is 0. The Kier molecular flexibility index (Phi) is 4.45. The quantitative estimate of drug-likeness (QED) is 0.764. The van der Waals surface area contributed by atoms with Crippen LogP contribution in [0.1, 0.15) is 41.0 Å². The second-order valence-electron chi connectivity index (χ2n) is 5.24. The molecule has 2 rings (SSSR count). The highest BCUT2D eigenvalue weighted by Gasteiger charge is 2.34. The number of pyridine rings is 1. The number of benzene rings is 1. The second kappa shape index (κ2) is 6.02. The van der Waals surface area contributed by atoms with E-state index in [9.17, 15) is 18.0 Å². The summed E-state index contributed by atoms with van der Waals surface area (Å²) in [7, 11) is 0. The molecule has 0 spiro atoms. The summed E-state index contributed by atoms with van der Waals surface area (Å²) in [4.78, 5) is 15.7. The lowest BCUT2D eigenvalue weighted by Gasteiger charge is -2.15. The highest BCUT2D eigenvalue weighted by Crippen LogP contribution is 2.37. The lowest BCUT2D eigenvalue weighted by Crippen LogP contribution is -2.12. The van der Waals surface area contributed by atoms with E-state index in [1.807, 2.05) is 0 Å². The van der Waals surface area contributed by atoms with Gasteiger partial charge < -0.3 is 4.74 Å². The van der Waals surface area contributed by atoms with Gasteiger partial charge in [-0.2, -0.15) is 13.2 Å². The first-order valence-corrected chi connectivity index (χ1v) is 7.00. The summed E-state index contributed by atoms with van der Waals surface area (Å²) in [5, 5.41) is 0.339. The third-order valence-corrected chi connectivity index (χ3v) is 3.40. The minimum atomic E-state index is -4.59. The molecule has 0 saturated heterocycles. The largest absolute Gasteiger partial charge is 0.461 e. The molecule has 6 heteroatoms. The van der Waals surface area contributed by atoms with Crippen LogP contribution in [-0.2, 0) is 10.9 Å². The number of aromatic nitrogens is 1. The molecule has 0 bridgehead atoms. The number of nitrogens with zero attached hydrogens (tertiary/aromatic N) is 1. The zero-order valence-corrected chi connectivity index (χ0v) is 13.0. The molecule has 1 aromatic carbocycles. The minimum Gasteiger partial charge on any atom is -0.461 e. The van der Waals surface area contributed by atoms with Crippen molar-refractivity contribution in [3.05, 3.63) is 47.2 Å². The van der Waals surface area contributed by atoms with Crippen LogP contribution < -0.4 is 0 Å². The van der Waals surface area contributed by atoms with Gasteiger partial charge in [-0.15, -0.1) is 0 Å². The number of rotatable bonds is 3. The Morgan fingerprint density at radius 3 is 2.48 bits per heavy atom. The van der Waals surface area contributed by atoms with E-state index in [4.69, 9.17) is 4.74 Å². The third-order valence-electron chi connectivity index (χ3n) is 3.40. The van der Waals surface area contributed by atoms with Gasteiger partial charge in [-0.05, 0) is 50.1 Å². The first-order chi connectivity index (χ1) is 10.6. The van der Waals surface area contributed by atoms with Crippen molar-refractivity contribution in [2.24, 2.45) is 0 Å². The van der Waals surface area contributed by atoms with E-state index in [0.29, 0.717) is 22.1 Å². The maximum absolute atomic E-state index is 13.4. The molecule has 0 radical (unpaired) electrons. The molecule has 0 atom stereocenters. The SMILES string of the molecule is C=C(C)c1cc(C(F)(F)F)c2nc(C(=O)OCC)cc(C)c2c1. The van der Waals surface area contributed by atoms with E-state index in [-0.39, 0.29) is 17.8 Å².